The lowest BCUT2D eigenvalue weighted by atomic mass is 9.80. The highest BCUT2D eigenvalue weighted by Crippen LogP contribution is 2.30. The van der Waals surface area contributed by atoms with E-state index in [0.717, 1.165) is 6.61 Å². The summed E-state index contributed by atoms with van der Waals surface area (Å²) in [4.78, 5) is 2.64. The van der Waals surface area contributed by atoms with Crippen molar-refractivity contribution in [3.05, 3.63) is 0 Å². The van der Waals surface area contributed by atoms with Gasteiger partial charge in [-0.05, 0) is 18.8 Å². The number of nitrogens with one attached hydrogen (secondary N) is 1. The average Bonchev–Trinajstić information content (AvgIpc) is 2.30. The van der Waals surface area contributed by atoms with Crippen LogP contribution in [0.25, 0.3) is 0 Å². The highest BCUT2D eigenvalue weighted by Gasteiger charge is 2.36. The van der Waals surface area contributed by atoms with Gasteiger partial charge in [0.2, 0.25) is 0 Å². The molecule has 3 heteroatoms. The summed E-state index contributed by atoms with van der Waals surface area (Å²) in [6.07, 6.45) is 7.01. The number of hydrogen-bond acceptors (Lipinski definition) is 3. The van der Waals surface area contributed by atoms with Crippen LogP contribution in [0.3, 0.4) is 0 Å². The Kier molecular flexibility index (Phi) is 4.83. The predicted molar refractivity (Wildman–Crippen MR) is 71.3 cm³/mol. The maximum atomic E-state index is 5.24. The third-order valence-corrected chi connectivity index (χ3v) is 4.29. The van der Waals surface area contributed by atoms with Crippen molar-refractivity contribution in [1.82, 2.24) is 10.2 Å². The molecule has 1 aliphatic heterocycles. The quantitative estimate of drug-likeness (QED) is 0.812. The van der Waals surface area contributed by atoms with Crippen molar-refractivity contribution in [2.24, 2.45) is 5.92 Å². The summed E-state index contributed by atoms with van der Waals surface area (Å²) < 4.78 is 5.24. The van der Waals surface area contributed by atoms with Crippen LogP contribution in [0.4, 0.5) is 0 Å². The van der Waals surface area contributed by atoms with Gasteiger partial charge >= 0.3 is 0 Å². The van der Waals surface area contributed by atoms with E-state index in [2.05, 4.69) is 17.1 Å². The first-order valence-electron chi connectivity index (χ1n) is 7.20. The Morgan fingerprint density at radius 1 is 1.29 bits per heavy atom. The molecule has 0 aromatic heterocycles. The molecule has 3 nitrogen and oxygen atoms in total. The standard InChI is InChI=1S/C14H28N2O/c1-13(11-17-2)10-16-9-8-15-14(12-16)6-4-3-5-7-14/h13,15H,3-12H2,1-2H3. The smallest absolute Gasteiger partial charge is 0.0500 e. The summed E-state index contributed by atoms with van der Waals surface area (Å²) in [5.41, 5.74) is 0.448. The molecule has 2 fully saturated rings. The fourth-order valence-electron chi connectivity index (χ4n) is 3.54. The summed E-state index contributed by atoms with van der Waals surface area (Å²) in [5.74, 6) is 0.652. The van der Waals surface area contributed by atoms with E-state index < -0.39 is 0 Å². The monoisotopic (exact) mass is 240 g/mol. The first-order chi connectivity index (χ1) is 8.24. The third kappa shape index (κ3) is 3.67. The largest absolute Gasteiger partial charge is 0.384 e. The van der Waals surface area contributed by atoms with Gasteiger partial charge in [0.15, 0.2) is 0 Å². The van der Waals surface area contributed by atoms with Crippen molar-refractivity contribution in [1.29, 1.82) is 0 Å². The van der Waals surface area contributed by atoms with Gasteiger partial charge in [-0.25, -0.2) is 0 Å². The highest BCUT2D eigenvalue weighted by molar-refractivity contribution is 4.96. The van der Waals surface area contributed by atoms with E-state index in [0.29, 0.717) is 11.5 Å². The molecule has 1 atom stereocenters. The van der Waals surface area contributed by atoms with Gasteiger partial charge in [0.25, 0.3) is 0 Å². The molecule has 0 radical (unpaired) electrons. The normalized spacial score (nSPS) is 27.2. The van der Waals surface area contributed by atoms with Crippen molar-refractivity contribution in [3.8, 4) is 0 Å². The zero-order valence-corrected chi connectivity index (χ0v) is 11.5. The van der Waals surface area contributed by atoms with Gasteiger partial charge in [0.1, 0.15) is 0 Å². The second-order valence-corrected chi connectivity index (χ2v) is 6.06. The van der Waals surface area contributed by atoms with E-state index in [-0.39, 0.29) is 0 Å². The zero-order valence-electron chi connectivity index (χ0n) is 11.5. The second-order valence-electron chi connectivity index (χ2n) is 6.06. The average molecular weight is 240 g/mol. The molecular weight excluding hydrogens is 212 g/mol. The Hall–Kier alpha value is -0.120. The molecular formula is C14H28N2O. The lowest BCUT2D eigenvalue weighted by Crippen LogP contribution is -2.61. The molecule has 0 bridgehead atoms. The number of hydrogen-bond donors (Lipinski definition) is 1. The van der Waals surface area contributed by atoms with Gasteiger partial charge in [-0.3, -0.25) is 4.90 Å². The Balaban J connectivity index is 1.83. The van der Waals surface area contributed by atoms with Crippen LogP contribution in [0.1, 0.15) is 39.0 Å². The van der Waals surface area contributed by atoms with Crippen LogP contribution in [0.5, 0.6) is 0 Å². The zero-order chi connectivity index (χ0) is 12.1. The fourth-order valence-corrected chi connectivity index (χ4v) is 3.54. The van der Waals surface area contributed by atoms with Crippen LogP contribution in [-0.2, 0) is 4.74 Å². The lowest BCUT2D eigenvalue weighted by Gasteiger charge is -2.46. The molecule has 0 aromatic carbocycles. The Labute approximate surface area is 106 Å². The van der Waals surface area contributed by atoms with Gasteiger partial charge in [-0.15, -0.1) is 0 Å². The van der Waals surface area contributed by atoms with Gasteiger partial charge in [0.05, 0.1) is 0 Å². The van der Waals surface area contributed by atoms with Crippen LogP contribution in [0.15, 0.2) is 0 Å². The molecule has 100 valence electrons. The first-order valence-corrected chi connectivity index (χ1v) is 7.20. The van der Waals surface area contributed by atoms with Crippen molar-refractivity contribution in [2.75, 3.05) is 39.9 Å². The molecule has 17 heavy (non-hydrogen) atoms. The second kappa shape index (κ2) is 6.17. The number of piperazine rings is 1. The van der Waals surface area contributed by atoms with Gasteiger partial charge in [0, 0.05) is 45.4 Å². The van der Waals surface area contributed by atoms with Crippen LogP contribution in [-0.4, -0.2) is 50.3 Å². The van der Waals surface area contributed by atoms with Gasteiger partial charge < -0.3 is 10.1 Å². The van der Waals surface area contributed by atoms with E-state index in [1.165, 1.54) is 58.3 Å². The van der Waals surface area contributed by atoms with Crippen molar-refractivity contribution in [2.45, 2.75) is 44.6 Å². The van der Waals surface area contributed by atoms with E-state index in [1.807, 2.05) is 0 Å². The third-order valence-electron chi connectivity index (χ3n) is 4.29. The number of nitrogens with zero attached hydrogens (tertiary/aromatic N) is 1. The van der Waals surface area contributed by atoms with Crippen LogP contribution < -0.4 is 5.32 Å². The number of rotatable bonds is 4. The molecule has 1 saturated carbocycles. The topological polar surface area (TPSA) is 24.5 Å². The molecule has 1 N–H and O–H groups in total. The molecule has 1 saturated heterocycles. The Bertz CT molecular complexity index is 221. The van der Waals surface area contributed by atoms with E-state index in [4.69, 9.17) is 4.74 Å². The van der Waals surface area contributed by atoms with Crippen molar-refractivity contribution in [3.63, 3.8) is 0 Å². The summed E-state index contributed by atoms with van der Waals surface area (Å²) in [7, 11) is 1.80. The molecule has 2 aliphatic rings. The Morgan fingerprint density at radius 2 is 2.06 bits per heavy atom. The van der Waals surface area contributed by atoms with E-state index >= 15 is 0 Å². The van der Waals surface area contributed by atoms with Gasteiger partial charge in [-0.2, -0.15) is 0 Å². The van der Waals surface area contributed by atoms with Crippen LogP contribution in [0, 0.1) is 5.92 Å². The van der Waals surface area contributed by atoms with Crippen molar-refractivity contribution >= 4 is 0 Å². The minimum Gasteiger partial charge on any atom is -0.384 e. The number of methoxy groups -OCH3 is 1. The fraction of sp³-hybridized carbons (Fsp3) is 1.00. The SMILES string of the molecule is COCC(C)CN1CCNC2(CCCCC2)C1. The molecule has 1 unspecified atom stereocenters. The van der Waals surface area contributed by atoms with Crippen LogP contribution >= 0.6 is 0 Å². The van der Waals surface area contributed by atoms with Crippen LogP contribution in [0.2, 0.25) is 0 Å². The van der Waals surface area contributed by atoms with Gasteiger partial charge in [-0.1, -0.05) is 26.2 Å². The lowest BCUT2D eigenvalue weighted by molar-refractivity contribution is 0.0709. The molecule has 2 rings (SSSR count). The molecule has 1 aliphatic carbocycles. The molecule has 1 spiro atoms. The maximum absolute atomic E-state index is 5.24. The summed E-state index contributed by atoms with van der Waals surface area (Å²) in [5, 5.41) is 3.80. The maximum Gasteiger partial charge on any atom is 0.0500 e. The minimum absolute atomic E-state index is 0.448. The van der Waals surface area contributed by atoms with Crippen molar-refractivity contribution < 1.29 is 4.74 Å². The molecule has 0 amide bonds. The molecule has 1 heterocycles. The number of ether oxygens (including phenoxy) is 1. The van der Waals surface area contributed by atoms with E-state index in [9.17, 15) is 0 Å². The summed E-state index contributed by atoms with van der Waals surface area (Å²) in [6.45, 7) is 7.99. The highest BCUT2D eigenvalue weighted by atomic mass is 16.5. The predicted octanol–water partition coefficient (Wildman–Crippen LogP) is 1.88. The summed E-state index contributed by atoms with van der Waals surface area (Å²) in [6, 6.07) is 0. The minimum atomic E-state index is 0.448. The summed E-state index contributed by atoms with van der Waals surface area (Å²) >= 11 is 0. The molecule has 0 aromatic rings. The van der Waals surface area contributed by atoms with E-state index in [1.54, 1.807) is 7.11 Å². The first kappa shape index (κ1) is 13.3. The Morgan fingerprint density at radius 3 is 2.76 bits per heavy atom.